The third-order valence-corrected chi connectivity index (χ3v) is 5.97. The van der Waals surface area contributed by atoms with Crippen molar-refractivity contribution < 1.29 is 26.7 Å². The summed E-state index contributed by atoms with van der Waals surface area (Å²) in [5.74, 6) is -3.93. The maximum absolute atomic E-state index is 12.8. The first-order chi connectivity index (χ1) is 14.7. The Hall–Kier alpha value is -2.29. The van der Waals surface area contributed by atoms with Crippen LogP contribution in [0.2, 0.25) is 0 Å². The summed E-state index contributed by atoms with van der Waals surface area (Å²) in [7, 11) is 0. The quantitative estimate of drug-likeness (QED) is 0.358. The molecule has 9 heteroatoms. The molecule has 0 bridgehead atoms. The van der Waals surface area contributed by atoms with E-state index in [1.54, 1.807) is 24.3 Å². The van der Waals surface area contributed by atoms with Crippen LogP contribution in [-0.4, -0.2) is 23.9 Å². The fourth-order valence-corrected chi connectivity index (χ4v) is 4.13. The number of carbonyl (C=O) groups is 1. The van der Waals surface area contributed by atoms with Crippen molar-refractivity contribution in [3.05, 3.63) is 54.1 Å². The molecule has 1 fully saturated rings. The third-order valence-electron chi connectivity index (χ3n) is 5.24. The number of rotatable bonds is 7. The minimum Gasteiger partial charge on any atom is -0.382 e. The molecule has 1 saturated carbocycles. The summed E-state index contributed by atoms with van der Waals surface area (Å²) in [6.07, 6.45) is -2.74. The maximum atomic E-state index is 12.8. The van der Waals surface area contributed by atoms with Crippen LogP contribution in [0.15, 0.2) is 53.4 Å². The maximum Gasteiger partial charge on any atom is 0.391 e. The summed E-state index contributed by atoms with van der Waals surface area (Å²) in [4.78, 5) is 12.6. The highest BCUT2D eigenvalue weighted by Gasteiger charge is 2.41. The lowest BCUT2D eigenvalue weighted by Gasteiger charge is -2.30. The van der Waals surface area contributed by atoms with Crippen LogP contribution in [-0.2, 0) is 11.2 Å². The molecule has 1 aliphatic carbocycles. The Morgan fingerprint density at radius 2 is 1.52 bits per heavy atom. The molecule has 1 aliphatic rings. The summed E-state index contributed by atoms with van der Waals surface area (Å²) in [5, 5.41) is 5.99. The van der Waals surface area contributed by atoms with Crippen LogP contribution in [0.25, 0.3) is 0 Å². The van der Waals surface area contributed by atoms with Gasteiger partial charge < -0.3 is 10.6 Å². The fourth-order valence-electron chi connectivity index (χ4n) is 3.63. The lowest BCUT2D eigenvalue weighted by atomic mass is 9.85. The Kier molecular flexibility index (Phi) is 7.80. The number of alkyl halides is 5. The van der Waals surface area contributed by atoms with E-state index in [1.165, 1.54) is 12.1 Å². The van der Waals surface area contributed by atoms with Crippen molar-refractivity contribution in [3.8, 4) is 0 Å². The Labute approximate surface area is 181 Å². The molecule has 0 aliphatic heterocycles. The largest absolute Gasteiger partial charge is 0.391 e. The molecule has 2 N–H and O–H groups in total. The van der Waals surface area contributed by atoms with Crippen molar-refractivity contribution >= 4 is 29.0 Å². The second-order valence-corrected chi connectivity index (χ2v) is 8.62. The number of hydrogen-bond acceptors (Lipinski definition) is 3. The van der Waals surface area contributed by atoms with E-state index in [-0.39, 0.29) is 31.2 Å². The van der Waals surface area contributed by atoms with Crippen LogP contribution in [0.3, 0.4) is 0 Å². The summed E-state index contributed by atoms with van der Waals surface area (Å²) in [6, 6.07) is 13.4. The molecule has 0 saturated heterocycles. The number of halogens is 5. The van der Waals surface area contributed by atoms with E-state index in [1.807, 2.05) is 12.1 Å². The molecule has 0 radical (unpaired) electrons. The van der Waals surface area contributed by atoms with Crippen LogP contribution in [0.5, 0.6) is 0 Å². The molecular formula is C22H23F5N2OS. The summed E-state index contributed by atoms with van der Waals surface area (Å²) in [6.45, 7) is 0. The van der Waals surface area contributed by atoms with Gasteiger partial charge in [0.25, 0.3) is 5.76 Å². The highest BCUT2D eigenvalue weighted by atomic mass is 32.2. The fraction of sp³-hybridized carbons (Fsp3) is 0.409. The molecule has 2 aromatic rings. The normalized spacial score (nSPS) is 19.3. The van der Waals surface area contributed by atoms with E-state index in [9.17, 15) is 26.7 Å². The van der Waals surface area contributed by atoms with Crippen molar-refractivity contribution in [2.75, 3.05) is 10.6 Å². The Morgan fingerprint density at radius 1 is 0.935 bits per heavy atom. The number of anilines is 2. The molecule has 3 nitrogen and oxygen atoms in total. The van der Waals surface area contributed by atoms with Gasteiger partial charge in [0.15, 0.2) is 0 Å². The zero-order valence-electron chi connectivity index (χ0n) is 16.6. The number of carbonyl (C=O) groups excluding carboxylic acids is 1. The van der Waals surface area contributed by atoms with E-state index >= 15 is 0 Å². The average Bonchev–Trinajstić information content (AvgIpc) is 2.70. The van der Waals surface area contributed by atoms with Gasteiger partial charge in [-0.1, -0.05) is 23.9 Å². The molecule has 168 valence electrons. The van der Waals surface area contributed by atoms with Crippen LogP contribution < -0.4 is 10.6 Å². The van der Waals surface area contributed by atoms with Gasteiger partial charge in [-0.3, -0.25) is 4.79 Å². The molecule has 2 aromatic carbocycles. The molecule has 3 rings (SSSR count). The van der Waals surface area contributed by atoms with Crippen molar-refractivity contribution in [1.29, 1.82) is 0 Å². The average molecular weight is 458 g/mol. The molecule has 1 amide bonds. The van der Waals surface area contributed by atoms with Gasteiger partial charge in [0.1, 0.15) is 0 Å². The Balaban J connectivity index is 1.45. The molecule has 0 atom stereocenters. The molecule has 31 heavy (non-hydrogen) atoms. The van der Waals surface area contributed by atoms with Crippen molar-refractivity contribution in [2.24, 2.45) is 5.92 Å². The minimum atomic E-state index is -4.11. The Bertz CT molecular complexity index is 848. The Morgan fingerprint density at radius 3 is 2.06 bits per heavy atom. The number of benzene rings is 2. The molecule has 0 heterocycles. The predicted molar refractivity (Wildman–Crippen MR) is 113 cm³/mol. The number of amides is 1. The number of hydrogen-bond donors (Lipinski definition) is 2. The third kappa shape index (κ3) is 7.41. The summed E-state index contributed by atoms with van der Waals surface area (Å²) < 4.78 is 63.0. The monoisotopic (exact) mass is 458 g/mol. The molecular weight excluding hydrogens is 435 g/mol. The standard InChI is InChI=1S/C22H23F5N2OS/c23-21(24)31-19-11-9-18(10-12-19)29-20(30)13-14-1-5-16(6-2-14)28-17-7-3-15(4-8-17)22(25,26)27/h1-2,5-6,9-12,15,17,21,28H,3-4,7-8,13H2,(H,29,30). The van der Waals surface area contributed by atoms with Crippen LogP contribution in [0.1, 0.15) is 31.2 Å². The molecule has 0 spiro atoms. The SMILES string of the molecule is O=C(Cc1ccc(NC2CCC(C(F)(F)F)CC2)cc1)Nc1ccc(SC(F)F)cc1. The second-order valence-electron chi connectivity index (χ2n) is 7.56. The zero-order chi connectivity index (χ0) is 22.4. The zero-order valence-corrected chi connectivity index (χ0v) is 17.4. The van der Waals surface area contributed by atoms with Gasteiger partial charge in [-0.25, -0.2) is 0 Å². The number of thioether (sulfide) groups is 1. The predicted octanol–water partition coefficient (Wildman–Crippen LogP) is 6.72. The van der Waals surface area contributed by atoms with Gasteiger partial charge in [0, 0.05) is 22.3 Å². The molecule has 0 unspecified atom stereocenters. The first-order valence-corrected chi connectivity index (χ1v) is 10.8. The highest BCUT2D eigenvalue weighted by Crippen LogP contribution is 2.38. The van der Waals surface area contributed by atoms with Crippen LogP contribution in [0.4, 0.5) is 33.3 Å². The second kappa shape index (κ2) is 10.3. The van der Waals surface area contributed by atoms with Crippen LogP contribution >= 0.6 is 11.8 Å². The minimum absolute atomic E-state index is 0.0129. The van der Waals surface area contributed by atoms with Gasteiger partial charge in [0.2, 0.25) is 5.91 Å². The van der Waals surface area contributed by atoms with E-state index < -0.39 is 17.9 Å². The van der Waals surface area contributed by atoms with E-state index in [2.05, 4.69) is 10.6 Å². The van der Waals surface area contributed by atoms with Crippen LogP contribution in [0, 0.1) is 5.92 Å². The lowest BCUT2D eigenvalue weighted by molar-refractivity contribution is -0.182. The highest BCUT2D eigenvalue weighted by molar-refractivity contribution is 7.99. The smallest absolute Gasteiger partial charge is 0.382 e. The van der Waals surface area contributed by atoms with E-state index in [0.29, 0.717) is 35.2 Å². The van der Waals surface area contributed by atoms with Gasteiger partial charge in [-0.2, -0.15) is 22.0 Å². The van der Waals surface area contributed by atoms with Crippen molar-refractivity contribution in [2.45, 2.75) is 55.0 Å². The van der Waals surface area contributed by atoms with E-state index in [0.717, 1.165) is 11.3 Å². The summed E-state index contributed by atoms with van der Waals surface area (Å²) in [5.41, 5.74) is 2.12. The molecule has 0 aromatic heterocycles. The first kappa shape index (κ1) is 23.4. The lowest BCUT2D eigenvalue weighted by Crippen LogP contribution is -2.32. The van der Waals surface area contributed by atoms with Crippen molar-refractivity contribution in [3.63, 3.8) is 0 Å². The van der Waals surface area contributed by atoms with Gasteiger partial charge in [-0.05, 0) is 67.6 Å². The van der Waals surface area contributed by atoms with E-state index in [4.69, 9.17) is 0 Å². The number of nitrogens with one attached hydrogen (secondary N) is 2. The first-order valence-electron chi connectivity index (χ1n) is 9.96. The topological polar surface area (TPSA) is 41.1 Å². The van der Waals surface area contributed by atoms with Gasteiger partial charge >= 0.3 is 6.18 Å². The summed E-state index contributed by atoms with van der Waals surface area (Å²) >= 11 is 0.441. The van der Waals surface area contributed by atoms with Gasteiger partial charge in [-0.15, -0.1) is 0 Å². The van der Waals surface area contributed by atoms with Crippen molar-refractivity contribution in [1.82, 2.24) is 0 Å². The van der Waals surface area contributed by atoms with Gasteiger partial charge in [0.05, 0.1) is 12.3 Å².